The van der Waals surface area contributed by atoms with Crippen LogP contribution >= 0.6 is 15.9 Å². The van der Waals surface area contributed by atoms with Crippen LogP contribution in [0.25, 0.3) is 0 Å². The molecule has 0 fully saturated rings. The number of allylic oxidation sites excluding steroid dienone is 1. The van der Waals surface area contributed by atoms with E-state index in [-0.39, 0.29) is 0 Å². The first-order valence-electron chi connectivity index (χ1n) is 1.20. The summed E-state index contributed by atoms with van der Waals surface area (Å²) in [4.78, 5) is 0. The molecule has 0 nitrogen and oxygen atoms in total. The van der Waals surface area contributed by atoms with E-state index in [9.17, 15) is 4.39 Å². The third-order valence-corrected chi connectivity index (χ3v) is 0.323. The summed E-state index contributed by atoms with van der Waals surface area (Å²) in [7, 11) is 0. The Morgan fingerprint density at radius 3 is 2.20 bits per heavy atom. The van der Waals surface area contributed by atoms with Crippen molar-refractivity contribution in [3.63, 3.8) is 0 Å². The maximum atomic E-state index is 10.9. The topological polar surface area (TPSA) is 0 Å². The molecule has 0 N–H and O–H groups in total. The first-order valence-corrected chi connectivity index (χ1v) is 1.99. The summed E-state index contributed by atoms with van der Waals surface area (Å²) in [6, 6.07) is 0. The van der Waals surface area contributed by atoms with Gasteiger partial charge < -0.3 is 0 Å². The SMILES string of the molecule is CC(Br)=CF. The Morgan fingerprint density at radius 2 is 2.20 bits per heavy atom. The van der Waals surface area contributed by atoms with Gasteiger partial charge in [-0.3, -0.25) is 0 Å². The molecule has 0 saturated heterocycles. The second kappa shape index (κ2) is 2.39. The molecule has 0 atom stereocenters. The zero-order valence-electron chi connectivity index (χ0n) is 2.83. The molecule has 2 heteroatoms. The van der Waals surface area contributed by atoms with Crippen molar-refractivity contribution in [2.24, 2.45) is 0 Å². The van der Waals surface area contributed by atoms with E-state index in [4.69, 9.17) is 0 Å². The van der Waals surface area contributed by atoms with Gasteiger partial charge in [0, 0.05) is 4.48 Å². The molecule has 0 unspecified atom stereocenters. The first-order chi connectivity index (χ1) is 2.27. The summed E-state index contributed by atoms with van der Waals surface area (Å²) < 4.78 is 11.4. The summed E-state index contributed by atoms with van der Waals surface area (Å²) in [6.45, 7) is 1.62. The highest BCUT2D eigenvalue weighted by Gasteiger charge is 1.67. The van der Waals surface area contributed by atoms with Gasteiger partial charge in [-0.1, -0.05) is 15.9 Å². The molecule has 0 rings (SSSR count). The number of hydrogen-bond acceptors (Lipinski definition) is 0. The summed E-state index contributed by atoms with van der Waals surface area (Å²) in [5, 5.41) is 0. The molecule has 0 aliphatic carbocycles. The molecule has 0 bridgehead atoms. The molecule has 5 heavy (non-hydrogen) atoms. The Kier molecular flexibility index (Phi) is 2.46. The van der Waals surface area contributed by atoms with Crippen molar-refractivity contribution in [3.05, 3.63) is 10.8 Å². The van der Waals surface area contributed by atoms with E-state index >= 15 is 0 Å². The van der Waals surface area contributed by atoms with E-state index in [1.165, 1.54) is 0 Å². The fourth-order valence-corrected chi connectivity index (χ4v) is 0. The fraction of sp³-hybridized carbons (Fsp3) is 0.333. The van der Waals surface area contributed by atoms with Crippen LogP contribution in [0.15, 0.2) is 10.8 Å². The Hall–Kier alpha value is 0.150. The standard InChI is InChI=1S/C3H4BrF/c1-3(4)2-5/h2H,1H3. The Morgan fingerprint density at radius 1 is 2.00 bits per heavy atom. The van der Waals surface area contributed by atoms with Crippen LogP contribution in [0, 0.1) is 0 Å². The lowest BCUT2D eigenvalue weighted by Crippen LogP contribution is -1.41. The third kappa shape index (κ3) is 4.15. The van der Waals surface area contributed by atoms with Crippen LogP contribution < -0.4 is 0 Å². The van der Waals surface area contributed by atoms with Crippen molar-refractivity contribution in [2.45, 2.75) is 6.92 Å². The first kappa shape index (κ1) is 5.15. The lowest BCUT2D eigenvalue weighted by atomic mass is 10.8. The fourth-order valence-electron chi connectivity index (χ4n) is 0. The summed E-state index contributed by atoms with van der Waals surface area (Å²) in [6.07, 6.45) is 0.500. The molecule has 0 aliphatic rings. The van der Waals surface area contributed by atoms with Crippen LogP contribution in [-0.2, 0) is 0 Å². The van der Waals surface area contributed by atoms with Crippen LogP contribution in [-0.4, -0.2) is 0 Å². The summed E-state index contributed by atoms with van der Waals surface area (Å²) >= 11 is 2.86. The smallest absolute Gasteiger partial charge is 0.0965 e. The zero-order valence-corrected chi connectivity index (χ0v) is 4.42. The largest absolute Gasteiger partial charge is 0.215 e. The molecular weight excluding hydrogens is 135 g/mol. The molecule has 0 aromatic rings. The van der Waals surface area contributed by atoms with Crippen molar-refractivity contribution in [1.29, 1.82) is 0 Å². The van der Waals surface area contributed by atoms with Crippen molar-refractivity contribution < 1.29 is 4.39 Å². The minimum atomic E-state index is 0.500. The lowest BCUT2D eigenvalue weighted by molar-refractivity contribution is 0.717. The Labute approximate surface area is 38.8 Å². The Bertz CT molecular complexity index is 44.9. The van der Waals surface area contributed by atoms with Gasteiger partial charge >= 0.3 is 0 Å². The zero-order chi connectivity index (χ0) is 4.28. The van der Waals surface area contributed by atoms with E-state index in [2.05, 4.69) is 15.9 Å². The van der Waals surface area contributed by atoms with Gasteiger partial charge in [-0.25, -0.2) is 4.39 Å². The van der Waals surface area contributed by atoms with E-state index in [0.717, 1.165) is 0 Å². The highest BCUT2D eigenvalue weighted by Crippen LogP contribution is 1.99. The van der Waals surface area contributed by atoms with Gasteiger partial charge in [-0.15, -0.1) is 0 Å². The van der Waals surface area contributed by atoms with Gasteiger partial charge in [-0.05, 0) is 6.92 Å². The molecule has 0 heterocycles. The van der Waals surface area contributed by atoms with Crippen LogP contribution in [0.5, 0.6) is 0 Å². The summed E-state index contributed by atoms with van der Waals surface area (Å²) in [5.41, 5.74) is 0. The third-order valence-electron chi connectivity index (χ3n) is 0.150. The van der Waals surface area contributed by atoms with E-state index in [1.807, 2.05) is 0 Å². The molecule has 0 saturated carbocycles. The minimum absolute atomic E-state index is 0.500. The van der Waals surface area contributed by atoms with Gasteiger partial charge in [0.05, 0.1) is 6.33 Å². The van der Waals surface area contributed by atoms with Crippen molar-refractivity contribution in [1.82, 2.24) is 0 Å². The molecule has 0 amide bonds. The van der Waals surface area contributed by atoms with Crippen molar-refractivity contribution in [2.75, 3.05) is 0 Å². The predicted octanol–water partition coefficient (Wildman–Crippen LogP) is 2.21. The molecule has 30 valence electrons. The molecule has 0 aliphatic heterocycles. The van der Waals surface area contributed by atoms with E-state index in [1.54, 1.807) is 6.92 Å². The number of halogens is 2. The highest BCUT2D eigenvalue weighted by molar-refractivity contribution is 9.11. The normalized spacial score (nSPS) is 12.2. The van der Waals surface area contributed by atoms with Gasteiger partial charge in [0.1, 0.15) is 0 Å². The monoisotopic (exact) mass is 138 g/mol. The quantitative estimate of drug-likeness (QED) is 0.482. The molecule has 0 spiro atoms. The Balaban J connectivity index is 3.14. The predicted molar refractivity (Wildman–Crippen MR) is 23.8 cm³/mol. The van der Waals surface area contributed by atoms with Gasteiger partial charge in [0.2, 0.25) is 0 Å². The minimum Gasteiger partial charge on any atom is -0.215 e. The van der Waals surface area contributed by atoms with Crippen molar-refractivity contribution in [3.8, 4) is 0 Å². The second-order valence-corrected chi connectivity index (χ2v) is 1.95. The maximum Gasteiger partial charge on any atom is 0.0965 e. The van der Waals surface area contributed by atoms with Crippen LogP contribution in [0.1, 0.15) is 6.92 Å². The molecular formula is C3H4BrF. The van der Waals surface area contributed by atoms with Crippen LogP contribution in [0.2, 0.25) is 0 Å². The maximum absolute atomic E-state index is 10.9. The molecule has 0 radical (unpaired) electrons. The molecule has 0 aromatic carbocycles. The average Bonchev–Trinajstić information content (AvgIpc) is 1.38. The van der Waals surface area contributed by atoms with Gasteiger partial charge in [-0.2, -0.15) is 0 Å². The van der Waals surface area contributed by atoms with Gasteiger partial charge in [0.25, 0.3) is 0 Å². The lowest BCUT2D eigenvalue weighted by Gasteiger charge is -1.67. The van der Waals surface area contributed by atoms with Crippen LogP contribution in [0.4, 0.5) is 4.39 Å². The number of hydrogen-bond donors (Lipinski definition) is 0. The molecule has 0 aromatic heterocycles. The van der Waals surface area contributed by atoms with Crippen molar-refractivity contribution >= 4 is 15.9 Å². The average molecular weight is 139 g/mol. The summed E-state index contributed by atoms with van der Waals surface area (Å²) in [5.74, 6) is 0. The van der Waals surface area contributed by atoms with E-state index < -0.39 is 0 Å². The second-order valence-electron chi connectivity index (χ2n) is 0.696. The number of rotatable bonds is 0. The highest BCUT2D eigenvalue weighted by atomic mass is 79.9. The van der Waals surface area contributed by atoms with Gasteiger partial charge in [0.15, 0.2) is 0 Å². The van der Waals surface area contributed by atoms with Crippen LogP contribution in [0.3, 0.4) is 0 Å². The van der Waals surface area contributed by atoms with E-state index in [0.29, 0.717) is 10.8 Å².